The molecule has 5 heteroatoms. The lowest BCUT2D eigenvalue weighted by atomic mass is 10.0. The van der Waals surface area contributed by atoms with E-state index in [0.717, 1.165) is 77.3 Å². The Hall–Kier alpha value is -7.63. The standard InChI is InChI=1S/C51H33N5/c1-4-17-34(18-5-1)37-23-16-24-38(33-37)50-52-49(36-21-8-3-9-22-36)53-51(54-50)56-46-30-15-12-27-41(46)43-32-31-42-40-26-11-14-29-45(40)55(47(42)48(43)56)44-28-13-10-25-39(44)35-19-6-2-7-20-35/h1-33H. The van der Waals surface area contributed by atoms with Crippen LogP contribution in [0, 0.1) is 0 Å². The number of aromatic nitrogens is 5. The molecule has 11 rings (SSSR count). The summed E-state index contributed by atoms with van der Waals surface area (Å²) in [5.74, 6) is 1.79. The lowest BCUT2D eigenvalue weighted by Crippen LogP contribution is -2.07. The van der Waals surface area contributed by atoms with Gasteiger partial charge >= 0.3 is 0 Å². The van der Waals surface area contributed by atoms with Gasteiger partial charge in [-0.25, -0.2) is 4.98 Å². The van der Waals surface area contributed by atoms with E-state index < -0.39 is 0 Å². The van der Waals surface area contributed by atoms with Crippen LogP contribution in [0.1, 0.15) is 0 Å². The smallest absolute Gasteiger partial charge is 0.238 e. The van der Waals surface area contributed by atoms with Crippen molar-refractivity contribution in [1.29, 1.82) is 0 Å². The summed E-state index contributed by atoms with van der Waals surface area (Å²) in [4.78, 5) is 15.8. The molecule has 56 heavy (non-hydrogen) atoms. The number of hydrogen-bond acceptors (Lipinski definition) is 3. The zero-order valence-corrected chi connectivity index (χ0v) is 30.3. The Kier molecular flexibility index (Phi) is 7.42. The van der Waals surface area contributed by atoms with Crippen LogP contribution < -0.4 is 0 Å². The predicted molar refractivity (Wildman–Crippen MR) is 230 cm³/mol. The topological polar surface area (TPSA) is 48.5 Å². The Labute approximate surface area is 323 Å². The molecule has 0 aliphatic heterocycles. The Morgan fingerprint density at radius 1 is 0.304 bits per heavy atom. The van der Waals surface area contributed by atoms with Gasteiger partial charge in [-0.2, -0.15) is 9.97 Å². The van der Waals surface area contributed by atoms with Gasteiger partial charge in [0.15, 0.2) is 11.6 Å². The molecule has 3 aromatic heterocycles. The van der Waals surface area contributed by atoms with E-state index in [1.807, 2.05) is 24.3 Å². The first-order valence-corrected chi connectivity index (χ1v) is 18.9. The van der Waals surface area contributed by atoms with Gasteiger partial charge in [0.1, 0.15) is 0 Å². The van der Waals surface area contributed by atoms with Crippen molar-refractivity contribution >= 4 is 43.6 Å². The molecular formula is C51H33N5. The molecule has 0 aliphatic rings. The minimum absolute atomic E-state index is 0.561. The second-order valence-electron chi connectivity index (χ2n) is 14.0. The maximum Gasteiger partial charge on any atom is 0.238 e. The molecule has 0 saturated heterocycles. The Bertz CT molecular complexity index is 3240. The van der Waals surface area contributed by atoms with Gasteiger partial charge in [-0.05, 0) is 41.0 Å². The maximum atomic E-state index is 5.37. The van der Waals surface area contributed by atoms with Gasteiger partial charge in [-0.3, -0.25) is 4.57 Å². The van der Waals surface area contributed by atoms with Gasteiger partial charge in [0.2, 0.25) is 5.95 Å². The minimum Gasteiger partial charge on any atom is -0.307 e. The third kappa shape index (κ3) is 5.13. The zero-order chi connectivity index (χ0) is 37.0. The van der Waals surface area contributed by atoms with Gasteiger partial charge in [-0.1, -0.05) is 176 Å². The summed E-state index contributed by atoms with van der Waals surface area (Å²) >= 11 is 0. The molecular weight excluding hydrogens is 683 g/mol. The summed E-state index contributed by atoms with van der Waals surface area (Å²) in [7, 11) is 0. The fourth-order valence-electron chi connectivity index (χ4n) is 8.27. The second kappa shape index (κ2) is 13.0. The van der Waals surface area contributed by atoms with E-state index in [4.69, 9.17) is 15.0 Å². The number of fused-ring (bicyclic) bond motifs is 7. The van der Waals surface area contributed by atoms with Crippen LogP contribution in [-0.2, 0) is 0 Å². The highest BCUT2D eigenvalue weighted by molar-refractivity contribution is 6.24. The van der Waals surface area contributed by atoms with Crippen LogP contribution in [0.15, 0.2) is 200 Å². The highest BCUT2D eigenvalue weighted by atomic mass is 15.2. The highest BCUT2D eigenvalue weighted by Crippen LogP contribution is 2.43. The Morgan fingerprint density at radius 2 is 0.786 bits per heavy atom. The molecule has 3 heterocycles. The van der Waals surface area contributed by atoms with Gasteiger partial charge < -0.3 is 4.57 Å². The van der Waals surface area contributed by atoms with Crippen LogP contribution in [0.3, 0.4) is 0 Å². The van der Waals surface area contributed by atoms with E-state index in [9.17, 15) is 0 Å². The molecule has 11 aromatic rings. The van der Waals surface area contributed by atoms with Crippen LogP contribution in [-0.4, -0.2) is 24.1 Å². The summed E-state index contributed by atoms with van der Waals surface area (Å²) in [5, 5.41) is 4.60. The fraction of sp³-hybridized carbons (Fsp3) is 0. The average Bonchev–Trinajstić information content (AvgIpc) is 3.80. The average molecular weight is 716 g/mol. The third-order valence-corrected chi connectivity index (χ3v) is 10.8. The lowest BCUT2D eigenvalue weighted by molar-refractivity contribution is 0.953. The number of para-hydroxylation sites is 3. The van der Waals surface area contributed by atoms with Gasteiger partial charge in [0.05, 0.1) is 27.8 Å². The van der Waals surface area contributed by atoms with E-state index in [-0.39, 0.29) is 0 Å². The Balaban J connectivity index is 1.27. The molecule has 0 radical (unpaired) electrons. The quantitative estimate of drug-likeness (QED) is 0.172. The molecule has 0 bridgehead atoms. The maximum absolute atomic E-state index is 5.37. The summed E-state index contributed by atoms with van der Waals surface area (Å²) < 4.78 is 4.69. The normalized spacial score (nSPS) is 11.6. The van der Waals surface area contributed by atoms with Crippen molar-refractivity contribution in [3.8, 4) is 56.7 Å². The van der Waals surface area contributed by atoms with Crippen LogP contribution >= 0.6 is 0 Å². The van der Waals surface area contributed by atoms with Gasteiger partial charge in [0.25, 0.3) is 0 Å². The number of rotatable bonds is 6. The Morgan fingerprint density at radius 3 is 1.46 bits per heavy atom. The SMILES string of the molecule is c1ccc(-c2cccc(-c3nc(-c4ccccc4)nc(-n4c5ccccc5c5ccc6c7ccccc7n(-c7ccccc7-c7ccccc7)c6c54)n3)c2)cc1. The van der Waals surface area contributed by atoms with Crippen LogP contribution in [0.25, 0.3) is 100 Å². The molecule has 262 valence electrons. The van der Waals surface area contributed by atoms with Crippen molar-refractivity contribution < 1.29 is 0 Å². The molecule has 0 spiro atoms. The lowest BCUT2D eigenvalue weighted by Gasteiger charge is -2.16. The van der Waals surface area contributed by atoms with E-state index in [1.165, 1.54) is 5.39 Å². The second-order valence-corrected chi connectivity index (χ2v) is 14.0. The zero-order valence-electron chi connectivity index (χ0n) is 30.3. The van der Waals surface area contributed by atoms with Crippen molar-refractivity contribution in [3.63, 3.8) is 0 Å². The van der Waals surface area contributed by atoms with E-state index in [2.05, 4.69) is 185 Å². The van der Waals surface area contributed by atoms with E-state index in [0.29, 0.717) is 17.6 Å². The first-order valence-electron chi connectivity index (χ1n) is 18.9. The number of hydrogen-bond donors (Lipinski definition) is 0. The molecule has 0 fully saturated rings. The molecule has 0 saturated carbocycles. The van der Waals surface area contributed by atoms with E-state index >= 15 is 0 Å². The highest BCUT2D eigenvalue weighted by Gasteiger charge is 2.24. The summed E-state index contributed by atoms with van der Waals surface area (Å²) in [6.45, 7) is 0. The van der Waals surface area contributed by atoms with E-state index in [1.54, 1.807) is 0 Å². The molecule has 0 unspecified atom stereocenters. The summed E-state index contributed by atoms with van der Waals surface area (Å²) in [5.41, 5.74) is 11.8. The first-order chi connectivity index (χ1) is 27.8. The van der Waals surface area contributed by atoms with Crippen LogP contribution in [0.4, 0.5) is 0 Å². The van der Waals surface area contributed by atoms with Gasteiger partial charge in [0, 0.05) is 38.2 Å². The first kappa shape index (κ1) is 31.9. The van der Waals surface area contributed by atoms with Crippen molar-refractivity contribution in [2.45, 2.75) is 0 Å². The molecule has 8 aromatic carbocycles. The van der Waals surface area contributed by atoms with Crippen molar-refractivity contribution in [2.75, 3.05) is 0 Å². The van der Waals surface area contributed by atoms with Crippen LogP contribution in [0.2, 0.25) is 0 Å². The predicted octanol–water partition coefficient (Wildman–Crippen LogP) is 12.7. The molecule has 0 amide bonds. The third-order valence-electron chi connectivity index (χ3n) is 10.8. The molecule has 0 N–H and O–H groups in total. The molecule has 0 atom stereocenters. The van der Waals surface area contributed by atoms with Crippen molar-refractivity contribution in [2.24, 2.45) is 0 Å². The largest absolute Gasteiger partial charge is 0.307 e. The number of nitrogens with zero attached hydrogens (tertiary/aromatic N) is 5. The summed E-state index contributed by atoms with van der Waals surface area (Å²) in [6.07, 6.45) is 0. The van der Waals surface area contributed by atoms with Gasteiger partial charge in [-0.15, -0.1) is 0 Å². The van der Waals surface area contributed by atoms with Crippen molar-refractivity contribution in [1.82, 2.24) is 24.1 Å². The monoisotopic (exact) mass is 715 g/mol. The summed E-state index contributed by atoms with van der Waals surface area (Å²) in [6, 6.07) is 70.3. The molecule has 0 aliphatic carbocycles. The fourth-order valence-corrected chi connectivity index (χ4v) is 8.27. The minimum atomic E-state index is 0.561. The van der Waals surface area contributed by atoms with Crippen LogP contribution in [0.5, 0.6) is 0 Å². The number of benzene rings is 8. The van der Waals surface area contributed by atoms with Crippen molar-refractivity contribution in [3.05, 3.63) is 200 Å². The molecule has 5 nitrogen and oxygen atoms in total.